The van der Waals surface area contributed by atoms with E-state index in [1.54, 1.807) is 0 Å². The van der Waals surface area contributed by atoms with Gasteiger partial charge in [0.25, 0.3) is 0 Å². The number of carbonyl (C=O) groups is 1. The molecule has 1 aliphatic carbocycles. The summed E-state index contributed by atoms with van der Waals surface area (Å²) < 4.78 is 37.3. The van der Waals surface area contributed by atoms with E-state index in [2.05, 4.69) is 21.2 Å². The van der Waals surface area contributed by atoms with E-state index in [1.807, 2.05) is 0 Å². The minimum Gasteiger partial charge on any atom is -0.350 e. The Kier molecular flexibility index (Phi) is 4.42. The van der Waals surface area contributed by atoms with E-state index in [1.165, 1.54) is 12.1 Å². The molecule has 2 nitrogen and oxygen atoms in total. The first-order chi connectivity index (χ1) is 9.35. The van der Waals surface area contributed by atoms with Gasteiger partial charge >= 0.3 is 6.18 Å². The van der Waals surface area contributed by atoms with Crippen LogP contribution in [0, 0.1) is 0 Å². The third-order valence-electron chi connectivity index (χ3n) is 3.62. The molecule has 1 aromatic rings. The lowest BCUT2D eigenvalue weighted by atomic mass is 9.78. The van der Waals surface area contributed by atoms with E-state index in [0.717, 1.165) is 31.4 Å². The number of amides is 1. The fourth-order valence-corrected chi connectivity index (χ4v) is 2.93. The van der Waals surface area contributed by atoms with Crippen molar-refractivity contribution in [3.05, 3.63) is 35.4 Å². The third-order valence-corrected chi connectivity index (χ3v) is 4.69. The molecule has 0 saturated heterocycles. The van der Waals surface area contributed by atoms with E-state index in [0.29, 0.717) is 10.9 Å². The molecule has 1 amide bonds. The van der Waals surface area contributed by atoms with Gasteiger partial charge in [-0.05, 0) is 37.0 Å². The van der Waals surface area contributed by atoms with E-state index in [9.17, 15) is 18.0 Å². The summed E-state index contributed by atoms with van der Waals surface area (Å²) in [6, 6.07) is 4.71. The average Bonchev–Trinajstić information content (AvgIpc) is 2.33. The molecule has 0 spiro atoms. The molecular formula is C14H15BrF3NO. The van der Waals surface area contributed by atoms with Crippen LogP contribution in [0.3, 0.4) is 0 Å². The largest absolute Gasteiger partial charge is 0.416 e. The Morgan fingerprint density at radius 1 is 1.25 bits per heavy atom. The predicted molar refractivity (Wildman–Crippen MR) is 73.7 cm³/mol. The molecule has 1 aromatic carbocycles. The maximum absolute atomic E-state index is 12.4. The van der Waals surface area contributed by atoms with Gasteiger partial charge in [0, 0.05) is 10.9 Å². The molecule has 1 saturated carbocycles. The zero-order valence-corrected chi connectivity index (χ0v) is 12.4. The first-order valence-electron chi connectivity index (χ1n) is 6.38. The van der Waals surface area contributed by atoms with Crippen LogP contribution in [-0.4, -0.2) is 16.8 Å². The smallest absolute Gasteiger partial charge is 0.350 e. The molecule has 1 aliphatic rings. The number of benzene rings is 1. The maximum atomic E-state index is 12.4. The maximum Gasteiger partial charge on any atom is 0.416 e. The van der Waals surface area contributed by atoms with Crippen LogP contribution in [0.2, 0.25) is 0 Å². The monoisotopic (exact) mass is 349 g/mol. The molecule has 110 valence electrons. The zero-order valence-electron chi connectivity index (χ0n) is 10.8. The van der Waals surface area contributed by atoms with Crippen molar-refractivity contribution in [3.63, 3.8) is 0 Å². The summed E-state index contributed by atoms with van der Waals surface area (Å²) >= 11 is 3.39. The highest BCUT2D eigenvalue weighted by molar-refractivity contribution is 9.09. The molecular weight excluding hydrogens is 335 g/mol. The highest BCUT2D eigenvalue weighted by atomic mass is 79.9. The van der Waals surface area contributed by atoms with Crippen molar-refractivity contribution in [2.24, 2.45) is 0 Å². The Balaban J connectivity index is 1.95. The van der Waals surface area contributed by atoms with E-state index < -0.39 is 11.7 Å². The van der Waals surface area contributed by atoms with Crippen molar-refractivity contribution in [2.45, 2.75) is 37.4 Å². The molecule has 2 rings (SSSR count). The Hall–Kier alpha value is -1.04. The van der Waals surface area contributed by atoms with Gasteiger partial charge in [0.1, 0.15) is 0 Å². The van der Waals surface area contributed by atoms with Crippen molar-refractivity contribution in [1.29, 1.82) is 0 Å². The van der Waals surface area contributed by atoms with Crippen LogP contribution in [0.1, 0.15) is 30.4 Å². The molecule has 1 fully saturated rings. The Morgan fingerprint density at radius 3 is 2.25 bits per heavy atom. The SMILES string of the molecule is O=C(Cc1ccc(C(F)(F)F)cc1)NC1(CBr)CCC1. The number of nitrogens with one attached hydrogen (secondary N) is 1. The minimum atomic E-state index is -4.34. The first kappa shape index (κ1) is 15.4. The van der Waals surface area contributed by atoms with Crippen LogP contribution in [0.15, 0.2) is 24.3 Å². The molecule has 20 heavy (non-hydrogen) atoms. The van der Waals surface area contributed by atoms with Gasteiger partial charge in [-0.25, -0.2) is 0 Å². The predicted octanol–water partition coefficient (Wildman–Crippen LogP) is 3.68. The minimum absolute atomic E-state index is 0.104. The van der Waals surface area contributed by atoms with Gasteiger partial charge < -0.3 is 5.32 Å². The number of hydrogen-bond donors (Lipinski definition) is 1. The molecule has 0 aliphatic heterocycles. The lowest BCUT2D eigenvalue weighted by Crippen LogP contribution is -2.55. The summed E-state index contributed by atoms with van der Waals surface area (Å²) in [6.07, 6.45) is -1.26. The van der Waals surface area contributed by atoms with Gasteiger partial charge in [-0.1, -0.05) is 28.1 Å². The highest BCUT2D eigenvalue weighted by Crippen LogP contribution is 2.33. The van der Waals surface area contributed by atoms with E-state index in [4.69, 9.17) is 0 Å². The Morgan fingerprint density at radius 2 is 1.85 bits per heavy atom. The highest BCUT2D eigenvalue weighted by Gasteiger charge is 2.37. The molecule has 6 heteroatoms. The molecule has 0 unspecified atom stereocenters. The van der Waals surface area contributed by atoms with Crippen molar-refractivity contribution in [2.75, 3.05) is 5.33 Å². The second-order valence-corrected chi connectivity index (χ2v) is 5.75. The third kappa shape index (κ3) is 3.53. The van der Waals surface area contributed by atoms with Crippen LogP contribution in [0.4, 0.5) is 13.2 Å². The van der Waals surface area contributed by atoms with Crippen molar-refractivity contribution in [1.82, 2.24) is 5.32 Å². The lowest BCUT2D eigenvalue weighted by molar-refractivity contribution is -0.137. The Labute approximate surface area is 123 Å². The topological polar surface area (TPSA) is 29.1 Å². The van der Waals surface area contributed by atoms with Crippen molar-refractivity contribution >= 4 is 21.8 Å². The molecule has 1 N–H and O–H groups in total. The zero-order chi connectivity index (χ0) is 14.8. The quantitative estimate of drug-likeness (QED) is 0.825. The lowest BCUT2D eigenvalue weighted by Gasteiger charge is -2.41. The summed E-state index contributed by atoms with van der Waals surface area (Å²) in [4.78, 5) is 11.9. The summed E-state index contributed by atoms with van der Waals surface area (Å²) in [5.74, 6) is -0.149. The van der Waals surface area contributed by atoms with E-state index in [-0.39, 0.29) is 17.9 Å². The Bertz CT molecular complexity index is 475. The molecule has 0 radical (unpaired) electrons. The summed E-state index contributed by atoms with van der Waals surface area (Å²) in [5, 5.41) is 3.67. The molecule has 0 bridgehead atoms. The molecule has 0 atom stereocenters. The second-order valence-electron chi connectivity index (χ2n) is 5.19. The van der Waals surface area contributed by atoms with Gasteiger partial charge in [-0.3, -0.25) is 4.79 Å². The van der Waals surface area contributed by atoms with Crippen molar-refractivity contribution < 1.29 is 18.0 Å². The van der Waals surface area contributed by atoms with Crippen LogP contribution < -0.4 is 5.32 Å². The standard InChI is InChI=1S/C14H15BrF3NO/c15-9-13(6-1-7-13)19-12(20)8-10-2-4-11(5-3-10)14(16,17)18/h2-5H,1,6-9H2,(H,19,20). The van der Waals surface area contributed by atoms with Gasteiger partial charge in [-0.2, -0.15) is 13.2 Å². The summed E-state index contributed by atoms with van der Waals surface area (Å²) in [6.45, 7) is 0. The van der Waals surface area contributed by atoms with Crippen LogP contribution in [-0.2, 0) is 17.4 Å². The number of halogens is 4. The molecule has 0 aromatic heterocycles. The molecule has 0 heterocycles. The normalized spacial score (nSPS) is 17.4. The van der Waals surface area contributed by atoms with Crippen LogP contribution >= 0.6 is 15.9 Å². The number of alkyl halides is 4. The summed E-state index contributed by atoms with van der Waals surface area (Å²) in [5.41, 5.74) is -0.277. The van der Waals surface area contributed by atoms with Crippen molar-refractivity contribution in [3.8, 4) is 0 Å². The number of carbonyl (C=O) groups excluding carboxylic acids is 1. The van der Waals surface area contributed by atoms with Gasteiger partial charge in [0.2, 0.25) is 5.91 Å². The first-order valence-corrected chi connectivity index (χ1v) is 7.50. The van der Waals surface area contributed by atoms with Gasteiger partial charge in [-0.15, -0.1) is 0 Å². The van der Waals surface area contributed by atoms with Crippen LogP contribution in [0.25, 0.3) is 0 Å². The second kappa shape index (κ2) is 5.76. The number of rotatable bonds is 4. The fourth-order valence-electron chi connectivity index (χ4n) is 2.23. The average molecular weight is 350 g/mol. The van der Waals surface area contributed by atoms with E-state index >= 15 is 0 Å². The van der Waals surface area contributed by atoms with Gasteiger partial charge in [0.15, 0.2) is 0 Å². The van der Waals surface area contributed by atoms with Gasteiger partial charge in [0.05, 0.1) is 12.0 Å². The van der Waals surface area contributed by atoms with Crippen LogP contribution in [0.5, 0.6) is 0 Å². The number of hydrogen-bond acceptors (Lipinski definition) is 1. The fraction of sp³-hybridized carbons (Fsp3) is 0.500. The summed E-state index contributed by atoms with van der Waals surface area (Å²) in [7, 11) is 0.